The number of benzene rings is 1. The second-order valence-corrected chi connectivity index (χ2v) is 7.01. The third kappa shape index (κ3) is 4.41. The highest BCUT2D eigenvalue weighted by Gasteiger charge is 2.63. The lowest BCUT2D eigenvalue weighted by atomic mass is 10.0. The molecule has 2 rings (SSSR count). The van der Waals surface area contributed by atoms with Crippen molar-refractivity contribution in [1.29, 1.82) is 0 Å². The number of hydrazone groups is 1. The molecule has 1 aromatic carbocycles. The van der Waals surface area contributed by atoms with E-state index in [0.29, 0.717) is 17.3 Å². The molecule has 0 fully saturated rings. The quantitative estimate of drug-likeness (QED) is 0.667. The number of carbonyl (C=O) groups excluding carboxylic acids is 1. The van der Waals surface area contributed by atoms with E-state index in [4.69, 9.17) is 0 Å². The van der Waals surface area contributed by atoms with E-state index in [2.05, 4.69) is 21.0 Å². The molecule has 0 aromatic heterocycles. The summed E-state index contributed by atoms with van der Waals surface area (Å²) in [6.07, 6.45) is -1.81. The van der Waals surface area contributed by atoms with E-state index < -0.39 is 24.2 Å². The van der Waals surface area contributed by atoms with Gasteiger partial charge in [-0.1, -0.05) is 42.1 Å². The Bertz CT molecular complexity index is 646. The van der Waals surface area contributed by atoms with Crippen molar-refractivity contribution < 1.29 is 23.1 Å². The van der Waals surface area contributed by atoms with Crippen molar-refractivity contribution in [1.82, 2.24) is 5.01 Å². The Morgan fingerprint density at radius 3 is 2.48 bits per heavy atom. The van der Waals surface area contributed by atoms with Gasteiger partial charge in [0, 0.05) is 22.2 Å². The van der Waals surface area contributed by atoms with E-state index in [0.717, 1.165) is 19.3 Å². The highest BCUT2D eigenvalue weighted by atomic mass is 79.9. The smallest absolute Gasteiger partial charge is 0.362 e. The first kappa shape index (κ1) is 19.9. The molecule has 8 heteroatoms. The van der Waals surface area contributed by atoms with Crippen LogP contribution in [-0.4, -0.2) is 33.6 Å². The average Bonchev–Trinajstić information content (AvgIpc) is 2.89. The SMILES string of the molecule is CCCCCCC1=NN(C(=O)c2ccc(Br)cc2)[C@](O)(C(F)(F)F)C1. The predicted molar refractivity (Wildman–Crippen MR) is 92.1 cm³/mol. The molecule has 0 saturated carbocycles. The summed E-state index contributed by atoms with van der Waals surface area (Å²) in [5.41, 5.74) is -3.07. The molecule has 0 bridgehead atoms. The molecule has 0 aliphatic carbocycles. The zero-order chi connectivity index (χ0) is 18.7. The Kier molecular flexibility index (Phi) is 6.26. The maximum Gasteiger partial charge on any atom is 0.438 e. The Morgan fingerprint density at radius 2 is 1.92 bits per heavy atom. The molecule has 1 aliphatic rings. The van der Waals surface area contributed by atoms with Crippen molar-refractivity contribution in [3.05, 3.63) is 34.3 Å². The van der Waals surface area contributed by atoms with E-state index in [1.165, 1.54) is 12.1 Å². The van der Waals surface area contributed by atoms with E-state index in [9.17, 15) is 23.1 Å². The normalized spacial score (nSPS) is 20.7. The van der Waals surface area contributed by atoms with Gasteiger partial charge in [0.2, 0.25) is 0 Å². The fourth-order valence-corrected chi connectivity index (χ4v) is 2.93. The first-order valence-electron chi connectivity index (χ1n) is 8.14. The minimum Gasteiger partial charge on any atom is -0.362 e. The largest absolute Gasteiger partial charge is 0.438 e. The lowest BCUT2D eigenvalue weighted by Crippen LogP contribution is -2.56. The van der Waals surface area contributed by atoms with Gasteiger partial charge in [-0.05, 0) is 37.1 Å². The lowest BCUT2D eigenvalue weighted by Gasteiger charge is -2.32. The standard InChI is InChI=1S/C17H20BrF3N2O2/c1-2-3-4-5-6-14-11-16(25,17(19,20)21)23(22-14)15(24)12-7-9-13(18)10-8-12/h7-10,25H,2-6,11H2,1H3/t16-/m1/s1. The van der Waals surface area contributed by atoms with Crippen LogP contribution in [0.2, 0.25) is 0 Å². The van der Waals surface area contributed by atoms with E-state index >= 15 is 0 Å². The molecular formula is C17H20BrF3N2O2. The number of halogens is 4. The summed E-state index contributed by atoms with van der Waals surface area (Å²) in [6.45, 7) is 2.04. The van der Waals surface area contributed by atoms with Crippen molar-refractivity contribution in [3.63, 3.8) is 0 Å². The van der Waals surface area contributed by atoms with Crippen LogP contribution < -0.4 is 0 Å². The van der Waals surface area contributed by atoms with Crippen LogP contribution in [-0.2, 0) is 0 Å². The van der Waals surface area contributed by atoms with E-state index in [1.54, 1.807) is 12.1 Å². The van der Waals surface area contributed by atoms with Crippen LogP contribution in [0.4, 0.5) is 13.2 Å². The summed E-state index contributed by atoms with van der Waals surface area (Å²) in [5, 5.41) is 14.2. The topological polar surface area (TPSA) is 52.9 Å². The van der Waals surface area contributed by atoms with Gasteiger partial charge in [-0.25, -0.2) is 0 Å². The molecule has 138 valence electrons. The van der Waals surface area contributed by atoms with Gasteiger partial charge < -0.3 is 5.11 Å². The Balaban J connectivity index is 2.24. The van der Waals surface area contributed by atoms with Crippen molar-refractivity contribution in [2.45, 2.75) is 57.3 Å². The molecule has 1 N–H and O–H groups in total. The molecule has 0 spiro atoms. The molecule has 1 aliphatic heterocycles. The number of unbranched alkanes of at least 4 members (excludes halogenated alkanes) is 3. The van der Waals surface area contributed by atoms with E-state index in [1.807, 2.05) is 6.92 Å². The Labute approximate surface area is 152 Å². The number of carbonyl (C=O) groups is 1. The molecule has 0 saturated heterocycles. The first-order chi connectivity index (χ1) is 11.7. The molecule has 1 heterocycles. The number of rotatable bonds is 6. The fraction of sp³-hybridized carbons (Fsp3) is 0.529. The third-order valence-electron chi connectivity index (χ3n) is 4.10. The summed E-state index contributed by atoms with van der Waals surface area (Å²) >= 11 is 3.20. The van der Waals surface area contributed by atoms with Crippen molar-refractivity contribution in [2.24, 2.45) is 5.10 Å². The van der Waals surface area contributed by atoms with Crippen molar-refractivity contribution >= 4 is 27.5 Å². The number of aliphatic hydroxyl groups is 1. The van der Waals surface area contributed by atoms with Gasteiger partial charge >= 0.3 is 6.18 Å². The highest BCUT2D eigenvalue weighted by molar-refractivity contribution is 9.10. The van der Waals surface area contributed by atoms with Gasteiger partial charge in [0.05, 0.1) is 0 Å². The molecule has 1 aromatic rings. The maximum atomic E-state index is 13.4. The Morgan fingerprint density at radius 1 is 1.28 bits per heavy atom. The predicted octanol–water partition coefficient (Wildman–Crippen LogP) is 4.87. The van der Waals surface area contributed by atoms with Crippen LogP contribution in [0.1, 0.15) is 55.8 Å². The average molecular weight is 421 g/mol. The van der Waals surface area contributed by atoms with Crippen molar-refractivity contribution in [2.75, 3.05) is 0 Å². The molecular weight excluding hydrogens is 401 g/mol. The molecule has 0 radical (unpaired) electrons. The highest BCUT2D eigenvalue weighted by Crippen LogP contribution is 2.41. The molecule has 4 nitrogen and oxygen atoms in total. The summed E-state index contributed by atoms with van der Waals surface area (Å²) < 4.78 is 41.0. The van der Waals surface area contributed by atoms with Gasteiger partial charge in [0.1, 0.15) is 0 Å². The van der Waals surface area contributed by atoms with Gasteiger partial charge in [-0.3, -0.25) is 4.79 Å². The van der Waals surface area contributed by atoms with Crippen LogP contribution >= 0.6 is 15.9 Å². The number of hydrogen-bond acceptors (Lipinski definition) is 3. The minimum atomic E-state index is -4.99. The molecule has 1 atom stereocenters. The monoisotopic (exact) mass is 420 g/mol. The summed E-state index contributed by atoms with van der Waals surface area (Å²) in [5.74, 6) is -0.976. The number of amides is 1. The second kappa shape index (κ2) is 7.86. The van der Waals surface area contributed by atoms with Gasteiger partial charge in [-0.15, -0.1) is 0 Å². The Hall–Kier alpha value is -1.41. The molecule has 25 heavy (non-hydrogen) atoms. The zero-order valence-electron chi connectivity index (χ0n) is 13.8. The third-order valence-corrected chi connectivity index (χ3v) is 4.63. The number of nitrogens with zero attached hydrogens (tertiary/aromatic N) is 2. The second-order valence-electron chi connectivity index (χ2n) is 6.09. The molecule has 1 amide bonds. The van der Waals surface area contributed by atoms with Gasteiger partial charge in [0.25, 0.3) is 11.6 Å². The van der Waals surface area contributed by atoms with Crippen LogP contribution in [0.3, 0.4) is 0 Å². The van der Waals surface area contributed by atoms with Crippen LogP contribution in [0.25, 0.3) is 0 Å². The minimum absolute atomic E-state index is 0.0295. The molecule has 0 unspecified atom stereocenters. The number of hydrogen-bond donors (Lipinski definition) is 1. The summed E-state index contributed by atoms with van der Waals surface area (Å²) in [6, 6.07) is 5.87. The van der Waals surface area contributed by atoms with Gasteiger partial charge in [-0.2, -0.15) is 23.3 Å². The number of alkyl halides is 3. The summed E-state index contributed by atoms with van der Waals surface area (Å²) in [7, 11) is 0. The maximum absolute atomic E-state index is 13.4. The van der Waals surface area contributed by atoms with Crippen molar-refractivity contribution in [3.8, 4) is 0 Å². The zero-order valence-corrected chi connectivity index (χ0v) is 15.4. The van der Waals surface area contributed by atoms with Gasteiger partial charge in [0.15, 0.2) is 0 Å². The van der Waals surface area contributed by atoms with Crippen LogP contribution in [0.15, 0.2) is 33.8 Å². The van der Waals surface area contributed by atoms with Crippen LogP contribution in [0, 0.1) is 0 Å². The summed E-state index contributed by atoms with van der Waals surface area (Å²) in [4.78, 5) is 12.5. The lowest BCUT2D eigenvalue weighted by molar-refractivity contribution is -0.297. The first-order valence-corrected chi connectivity index (χ1v) is 8.94. The van der Waals surface area contributed by atoms with Crippen LogP contribution in [0.5, 0.6) is 0 Å². The fourth-order valence-electron chi connectivity index (χ4n) is 2.66. The van der Waals surface area contributed by atoms with E-state index in [-0.39, 0.29) is 16.3 Å².